The fourth-order valence-corrected chi connectivity index (χ4v) is 1.53. The maximum absolute atomic E-state index is 11.4. The number of hydrogen-bond acceptors (Lipinski definition) is 3. The predicted molar refractivity (Wildman–Crippen MR) is 55.0 cm³/mol. The third-order valence-corrected chi connectivity index (χ3v) is 2.26. The van der Waals surface area contributed by atoms with Crippen molar-refractivity contribution in [3.63, 3.8) is 0 Å². The first-order chi connectivity index (χ1) is 7.15. The van der Waals surface area contributed by atoms with E-state index in [4.69, 9.17) is 0 Å². The van der Waals surface area contributed by atoms with Gasteiger partial charge < -0.3 is 20.5 Å². The van der Waals surface area contributed by atoms with Gasteiger partial charge in [-0.3, -0.25) is 4.79 Å². The summed E-state index contributed by atoms with van der Waals surface area (Å²) in [5.74, 6) is -0.359. The van der Waals surface area contributed by atoms with E-state index in [0.29, 0.717) is 16.5 Å². The summed E-state index contributed by atoms with van der Waals surface area (Å²) in [6.07, 6.45) is 1.45. The van der Waals surface area contributed by atoms with Gasteiger partial charge in [0, 0.05) is 13.2 Å². The highest BCUT2D eigenvalue weighted by molar-refractivity contribution is 6.10. The molecule has 0 aliphatic carbocycles. The summed E-state index contributed by atoms with van der Waals surface area (Å²) in [4.78, 5) is 14.2. The second-order valence-corrected chi connectivity index (χ2v) is 3.14. The highest BCUT2D eigenvalue weighted by Gasteiger charge is 2.15. The van der Waals surface area contributed by atoms with Crippen LogP contribution in [0.3, 0.4) is 0 Å². The van der Waals surface area contributed by atoms with E-state index in [1.165, 1.54) is 25.4 Å². The highest BCUT2D eigenvalue weighted by Crippen LogP contribution is 2.33. The molecule has 4 N–H and O–H groups in total. The molecule has 0 atom stereocenters. The Morgan fingerprint density at radius 3 is 2.67 bits per heavy atom. The lowest BCUT2D eigenvalue weighted by Crippen LogP contribution is -2.17. The van der Waals surface area contributed by atoms with Gasteiger partial charge in [0.05, 0.1) is 16.5 Å². The molecule has 0 radical (unpaired) electrons. The second-order valence-electron chi connectivity index (χ2n) is 3.14. The van der Waals surface area contributed by atoms with Crippen molar-refractivity contribution in [3.05, 3.63) is 23.9 Å². The van der Waals surface area contributed by atoms with Gasteiger partial charge in [-0.05, 0) is 12.1 Å². The van der Waals surface area contributed by atoms with E-state index in [1.54, 1.807) is 0 Å². The zero-order chi connectivity index (χ0) is 11.0. The van der Waals surface area contributed by atoms with E-state index in [9.17, 15) is 15.0 Å². The van der Waals surface area contributed by atoms with E-state index < -0.39 is 0 Å². The number of aromatic amines is 1. The number of carbonyl (C=O) groups is 1. The van der Waals surface area contributed by atoms with Crippen molar-refractivity contribution in [2.45, 2.75) is 0 Å². The molecule has 0 saturated heterocycles. The highest BCUT2D eigenvalue weighted by atomic mass is 16.3. The van der Waals surface area contributed by atoms with E-state index in [0.717, 1.165) is 0 Å². The first-order valence-electron chi connectivity index (χ1n) is 4.39. The molecule has 2 aromatic rings. The van der Waals surface area contributed by atoms with Crippen LogP contribution in [0.15, 0.2) is 18.3 Å². The quantitative estimate of drug-likeness (QED) is 0.524. The summed E-state index contributed by atoms with van der Waals surface area (Å²) in [5, 5.41) is 21.9. The Hall–Kier alpha value is -2.17. The van der Waals surface area contributed by atoms with Crippen LogP contribution in [0.25, 0.3) is 10.9 Å². The minimum Gasteiger partial charge on any atom is -0.507 e. The first-order valence-corrected chi connectivity index (χ1v) is 4.39. The maximum Gasteiger partial charge on any atom is 0.253 e. The molecule has 0 unspecified atom stereocenters. The number of rotatable bonds is 1. The van der Waals surface area contributed by atoms with Crippen LogP contribution in [0.2, 0.25) is 0 Å². The Bertz CT molecular complexity index is 531. The zero-order valence-electron chi connectivity index (χ0n) is 8.03. The van der Waals surface area contributed by atoms with Gasteiger partial charge >= 0.3 is 0 Å². The van der Waals surface area contributed by atoms with Crippen LogP contribution < -0.4 is 5.32 Å². The maximum atomic E-state index is 11.4. The second kappa shape index (κ2) is 3.20. The van der Waals surface area contributed by atoms with Crippen molar-refractivity contribution in [3.8, 4) is 11.5 Å². The molecule has 1 amide bonds. The minimum atomic E-state index is -0.317. The zero-order valence-corrected chi connectivity index (χ0v) is 8.03. The largest absolute Gasteiger partial charge is 0.507 e. The van der Waals surface area contributed by atoms with Crippen LogP contribution in [0.1, 0.15) is 10.4 Å². The molecule has 5 heteroatoms. The summed E-state index contributed by atoms with van der Waals surface area (Å²) in [5.41, 5.74) is 0.662. The molecular weight excluding hydrogens is 196 g/mol. The van der Waals surface area contributed by atoms with Gasteiger partial charge in [-0.2, -0.15) is 0 Å². The molecule has 0 saturated carbocycles. The van der Waals surface area contributed by atoms with Crippen molar-refractivity contribution >= 4 is 16.8 Å². The topological polar surface area (TPSA) is 85.4 Å². The fraction of sp³-hybridized carbons (Fsp3) is 0.100. The molecule has 1 heterocycles. The van der Waals surface area contributed by atoms with Crippen LogP contribution in [-0.4, -0.2) is 28.2 Å². The van der Waals surface area contributed by atoms with Crippen molar-refractivity contribution in [2.24, 2.45) is 0 Å². The molecule has 0 bridgehead atoms. The fourth-order valence-electron chi connectivity index (χ4n) is 1.53. The van der Waals surface area contributed by atoms with E-state index >= 15 is 0 Å². The molecular formula is C10H10N2O3. The van der Waals surface area contributed by atoms with Crippen molar-refractivity contribution in [1.82, 2.24) is 10.3 Å². The third kappa shape index (κ3) is 1.28. The number of nitrogens with one attached hydrogen (secondary N) is 2. The van der Waals surface area contributed by atoms with E-state index in [2.05, 4.69) is 10.3 Å². The SMILES string of the molecule is CNC(=O)c1c[nH]c2c(O)ccc(O)c12. The number of phenolic OH excluding ortho intramolecular Hbond substituents is 2. The van der Waals surface area contributed by atoms with Crippen molar-refractivity contribution in [1.29, 1.82) is 0 Å². The standard InChI is InChI=1S/C10H10N2O3/c1-11-10(15)5-4-12-9-7(14)3-2-6(13)8(5)9/h2-4,12-14H,1H3,(H,11,15). The Morgan fingerprint density at radius 1 is 1.33 bits per heavy atom. The first kappa shape index (κ1) is 9.39. The summed E-state index contributed by atoms with van der Waals surface area (Å²) in [7, 11) is 1.50. The van der Waals surface area contributed by atoms with Gasteiger partial charge in [-0.25, -0.2) is 0 Å². The monoisotopic (exact) mass is 206 g/mol. The normalized spacial score (nSPS) is 10.5. The molecule has 78 valence electrons. The van der Waals surface area contributed by atoms with Crippen LogP contribution in [-0.2, 0) is 0 Å². The number of fused-ring (bicyclic) bond motifs is 1. The number of hydrogen-bond donors (Lipinski definition) is 4. The summed E-state index contributed by atoms with van der Waals surface area (Å²) >= 11 is 0. The van der Waals surface area contributed by atoms with E-state index in [1.807, 2.05) is 0 Å². The molecule has 1 aromatic carbocycles. The van der Waals surface area contributed by atoms with Gasteiger partial charge in [0.1, 0.15) is 11.5 Å². The number of aromatic hydroxyl groups is 2. The predicted octanol–water partition coefficient (Wildman–Crippen LogP) is 0.939. The molecule has 0 spiro atoms. The average Bonchev–Trinajstić information content (AvgIpc) is 2.68. The summed E-state index contributed by atoms with van der Waals surface area (Å²) in [6, 6.07) is 2.71. The smallest absolute Gasteiger partial charge is 0.253 e. The molecule has 2 rings (SSSR count). The number of amides is 1. The van der Waals surface area contributed by atoms with Gasteiger partial charge in [0.2, 0.25) is 0 Å². The van der Waals surface area contributed by atoms with Crippen molar-refractivity contribution in [2.75, 3.05) is 7.05 Å². The molecule has 1 aromatic heterocycles. The van der Waals surface area contributed by atoms with E-state index in [-0.39, 0.29) is 17.4 Å². The molecule has 0 aliphatic rings. The number of phenols is 2. The molecule has 5 nitrogen and oxygen atoms in total. The molecule has 0 aliphatic heterocycles. The molecule has 15 heavy (non-hydrogen) atoms. The Balaban J connectivity index is 2.79. The Kier molecular flexibility index (Phi) is 2.00. The molecule has 0 fully saturated rings. The third-order valence-electron chi connectivity index (χ3n) is 2.26. The lowest BCUT2D eigenvalue weighted by molar-refractivity contribution is 0.0964. The van der Waals surface area contributed by atoms with Gasteiger partial charge in [-0.1, -0.05) is 0 Å². The number of H-pyrrole nitrogens is 1. The van der Waals surface area contributed by atoms with Gasteiger partial charge in [-0.15, -0.1) is 0 Å². The van der Waals surface area contributed by atoms with Crippen LogP contribution in [0.5, 0.6) is 11.5 Å². The Morgan fingerprint density at radius 2 is 2.00 bits per heavy atom. The van der Waals surface area contributed by atoms with Gasteiger partial charge in [0.25, 0.3) is 5.91 Å². The number of benzene rings is 1. The average molecular weight is 206 g/mol. The lowest BCUT2D eigenvalue weighted by atomic mass is 10.1. The van der Waals surface area contributed by atoms with Crippen LogP contribution >= 0.6 is 0 Å². The minimum absolute atomic E-state index is 0.00190. The van der Waals surface area contributed by atoms with Crippen molar-refractivity contribution < 1.29 is 15.0 Å². The van der Waals surface area contributed by atoms with Crippen LogP contribution in [0, 0.1) is 0 Å². The number of carbonyl (C=O) groups excluding carboxylic acids is 1. The van der Waals surface area contributed by atoms with Gasteiger partial charge in [0.15, 0.2) is 0 Å². The summed E-state index contributed by atoms with van der Waals surface area (Å²) in [6.45, 7) is 0. The Labute approximate surface area is 85.4 Å². The summed E-state index contributed by atoms with van der Waals surface area (Å²) < 4.78 is 0. The number of aromatic nitrogens is 1. The van der Waals surface area contributed by atoms with Crippen LogP contribution in [0.4, 0.5) is 0 Å². The lowest BCUT2D eigenvalue weighted by Gasteiger charge is -2.00.